The second kappa shape index (κ2) is 6.30. The Morgan fingerprint density at radius 1 is 1.17 bits per heavy atom. The van der Waals surface area contributed by atoms with Gasteiger partial charge in [0.15, 0.2) is 0 Å². The van der Waals surface area contributed by atoms with Gasteiger partial charge in [0.25, 0.3) is 0 Å². The highest BCUT2D eigenvalue weighted by Gasteiger charge is 2.29. The molecular formula is C15H22FNO. The van der Waals surface area contributed by atoms with Gasteiger partial charge in [-0.25, -0.2) is 4.39 Å². The molecule has 0 bridgehead atoms. The number of hydrogen-bond donors (Lipinski definition) is 2. The van der Waals surface area contributed by atoms with Crippen LogP contribution in [-0.2, 0) is 0 Å². The van der Waals surface area contributed by atoms with Crippen LogP contribution in [0.5, 0.6) is 0 Å². The average molecular weight is 251 g/mol. The van der Waals surface area contributed by atoms with Crippen molar-refractivity contribution in [1.29, 1.82) is 0 Å². The summed E-state index contributed by atoms with van der Waals surface area (Å²) in [5, 5.41) is 10.5. The van der Waals surface area contributed by atoms with Gasteiger partial charge in [0.2, 0.25) is 0 Å². The molecule has 2 nitrogen and oxygen atoms in total. The molecule has 1 aliphatic carbocycles. The summed E-state index contributed by atoms with van der Waals surface area (Å²) in [5.74, 6) is 0.0210. The van der Waals surface area contributed by atoms with Gasteiger partial charge in [0.05, 0.1) is 6.10 Å². The Morgan fingerprint density at radius 2 is 1.78 bits per heavy atom. The lowest BCUT2D eigenvalue weighted by Gasteiger charge is -2.32. The molecule has 0 spiro atoms. The molecule has 3 heteroatoms. The lowest BCUT2D eigenvalue weighted by molar-refractivity contribution is 0.0624. The third-order valence-electron chi connectivity index (χ3n) is 4.10. The standard InChI is InChI=1S/C15H22FNO/c16-13-8-6-11(7-9-13)14(10-17)15(18)12-4-2-1-3-5-12/h6-9,12,14-15,18H,1-5,10,17H2. The first-order valence-corrected chi connectivity index (χ1v) is 6.86. The zero-order valence-electron chi connectivity index (χ0n) is 10.7. The van der Waals surface area contributed by atoms with Crippen molar-refractivity contribution >= 4 is 0 Å². The van der Waals surface area contributed by atoms with Gasteiger partial charge in [-0.05, 0) is 36.5 Å². The van der Waals surface area contributed by atoms with E-state index < -0.39 is 6.10 Å². The zero-order chi connectivity index (χ0) is 13.0. The normalized spacial score (nSPS) is 20.6. The number of nitrogens with two attached hydrogens (primary N) is 1. The quantitative estimate of drug-likeness (QED) is 0.864. The predicted octanol–water partition coefficient (Wildman–Crippen LogP) is 2.81. The van der Waals surface area contributed by atoms with Gasteiger partial charge < -0.3 is 10.8 Å². The van der Waals surface area contributed by atoms with Crippen LogP contribution in [-0.4, -0.2) is 17.8 Å². The van der Waals surface area contributed by atoms with Crippen LogP contribution < -0.4 is 5.73 Å². The Kier molecular flexibility index (Phi) is 4.72. The lowest BCUT2D eigenvalue weighted by Crippen LogP contribution is -2.33. The van der Waals surface area contributed by atoms with Crippen molar-refractivity contribution in [1.82, 2.24) is 0 Å². The largest absolute Gasteiger partial charge is 0.392 e. The second-order valence-corrected chi connectivity index (χ2v) is 5.28. The van der Waals surface area contributed by atoms with Crippen molar-refractivity contribution in [3.63, 3.8) is 0 Å². The van der Waals surface area contributed by atoms with E-state index in [-0.39, 0.29) is 11.7 Å². The van der Waals surface area contributed by atoms with E-state index in [0.29, 0.717) is 12.5 Å². The van der Waals surface area contributed by atoms with Gasteiger partial charge >= 0.3 is 0 Å². The minimum absolute atomic E-state index is 0.0753. The molecule has 0 radical (unpaired) electrons. The minimum Gasteiger partial charge on any atom is -0.392 e. The Balaban J connectivity index is 2.09. The molecule has 100 valence electrons. The third-order valence-corrected chi connectivity index (χ3v) is 4.10. The van der Waals surface area contributed by atoms with E-state index in [0.717, 1.165) is 18.4 Å². The fourth-order valence-corrected chi connectivity index (χ4v) is 2.99. The first-order chi connectivity index (χ1) is 8.72. The van der Waals surface area contributed by atoms with Crippen LogP contribution in [0.15, 0.2) is 24.3 Å². The molecule has 2 rings (SSSR count). The van der Waals surface area contributed by atoms with Crippen LogP contribution in [0.3, 0.4) is 0 Å². The molecule has 18 heavy (non-hydrogen) atoms. The van der Waals surface area contributed by atoms with Crippen LogP contribution in [0.4, 0.5) is 4.39 Å². The van der Waals surface area contributed by atoms with Crippen molar-refractivity contribution in [2.75, 3.05) is 6.54 Å². The number of rotatable bonds is 4. The molecular weight excluding hydrogens is 229 g/mol. The number of aliphatic hydroxyl groups excluding tert-OH is 1. The van der Waals surface area contributed by atoms with E-state index >= 15 is 0 Å². The summed E-state index contributed by atoms with van der Waals surface area (Å²) in [6, 6.07) is 6.34. The van der Waals surface area contributed by atoms with Crippen molar-refractivity contribution in [2.24, 2.45) is 11.7 Å². The SMILES string of the molecule is NCC(c1ccc(F)cc1)C(O)C1CCCCC1. The van der Waals surface area contributed by atoms with Gasteiger partial charge in [-0.1, -0.05) is 31.4 Å². The maximum Gasteiger partial charge on any atom is 0.123 e. The van der Waals surface area contributed by atoms with Crippen LogP contribution in [0.25, 0.3) is 0 Å². The Bertz CT molecular complexity index is 359. The van der Waals surface area contributed by atoms with E-state index in [1.54, 1.807) is 12.1 Å². The minimum atomic E-state index is -0.402. The van der Waals surface area contributed by atoms with Crippen molar-refractivity contribution in [3.8, 4) is 0 Å². The lowest BCUT2D eigenvalue weighted by atomic mass is 9.78. The fraction of sp³-hybridized carbons (Fsp3) is 0.600. The highest BCUT2D eigenvalue weighted by atomic mass is 19.1. The van der Waals surface area contributed by atoms with E-state index in [9.17, 15) is 9.50 Å². The molecule has 3 N–H and O–H groups in total. The molecule has 0 aliphatic heterocycles. The summed E-state index contributed by atoms with van der Waals surface area (Å²) in [7, 11) is 0. The summed E-state index contributed by atoms with van der Waals surface area (Å²) >= 11 is 0. The average Bonchev–Trinajstić information content (AvgIpc) is 2.42. The van der Waals surface area contributed by atoms with Gasteiger partial charge in [0, 0.05) is 12.5 Å². The fourth-order valence-electron chi connectivity index (χ4n) is 2.99. The first kappa shape index (κ1) is 13.5. The zero-order valence-corrected chi connectivity index (χ0v) is 10.7. The first-order valence-electron chi connectivity index (χ1n) is 6.86. The van der Waals surface area contributed by atoms with E-state index in [1.807, 2.05) is 0 Å². The summed E-state index contributed by atoms with van der Waals surface area (Å²) < 4.78 is 12.9. The van der Waals surface area contributed by atoms with Crippen molar-refractivity contribution in [2.45, 2.75) is 44.1 Å². The van der Waals surface area contributed by atoms with Gasteiger partial charge in [-0.15, -0.1) is 0 Å². The van der Waals surface area contributed by atoms with E-state index in [1.165, 1.54) is 31.4 Å². The van der Waals surface area contributed by atoms with E-state index in [4.69, 9.17) is 5.73 Å². The number of hydrogen-bond acceptors (Lipinski definition) is 2. The molecule has 2 unspecified atom stereocenters. The van der Waals surface area contributed by atoms with Crippen LogP contribution in [0, 0.1) is 11.7 Å². The predicted molar refractivity (Wildman–Crippen MR) is 70.8 cm³/mol. The Morgan fingerprint density at radius 3 is 2.33 bits per heavy atom. The number of benzene rings is 1. The highest BCUT2D eigenvalue weighted by molar-refractivity contribution is 5.22. The molecule has 0 heterocycles. The Labute approximate surface area is 108 Å². The summed E-state index contributed by atoms with van der Waals surface area (Å²) in [6.45, 7) is 0.406. The topological polar surface area (TPSA) is 46.2 Å². The molecule has 1 aliphatic rings. The maximum atomic E-state index is 12.9. The summed E-state index contributed by atoms with van der Waals surface area (Å²) in [5.41, 5.74) is 6.74. The molecule has 1 saturated carbocycles. The van der Waals surface area contributed by atoms with Crippen LogP contribution >= 0.6 is 0 Å². The molecule has 0 amide bonds. The number of aliphatic hydroxyl groups is 1. The van der Waals surface area contributed by atoms with Gasteiger partial charge in [-0.2, -0.15) is 0 Å². The summed E-state index contributed by atoms with van der Waals surface area (Å²) in [6.07, 6.45) is 5.43. The van der Waals surface area contributed by atoms with E-state index in [2.05, 4.69) is 0 Å². The van der Waals surface area contributed by atoms with Gasteiger partial charge in [-0.3, -0.25) is 0 Å². The molecule has 0 aromatic heterocycles. The molecule has 2 atom stereocenters. The summed E-state index contributed by atoms with van der Waals surface area (Å²) in [4.78, 5) is 0. The number of halogens is 1. The molecule has 1 aromatic rings. The van der Waals surface area contributed by atoms with Crippen LogP contribution in [0.1, 0.15) is 43.6 Å². The smallest absolute Gasteiger partial charge is 0.123 e. The highest BCUT2D eigenvalue weighted by Crippen LogP contribution is 2.33. The Hall–Kier alpha value is -0.930. The molecule has 1 aromatic carbocycles. The van der Waals surface area contributed by atoms with Crippen molar-refractivity contribution < 1.29 is 9.50 Å². The van der Waals surface area contributed by atoms with Crippen molar-refractivity contribution in [3.05, 3.63) is 35.6 Å². The third kappa shape index (κ3) is 3.09. The molecule has 0 saturated heterocycles. The maximum absolute atomic E-state index is 12.9. The second-order valence-electron chi connectivity index (χ2n) is 5.28. The molecule has 1 fully saturated rings. The van der Waals surface area contributed by atoms with Crippen LogP contribution in [0.2, 0.25) is 0 Å². The van der Waals surface area contributed by atoms with Gasteiger partial charge in [0.1, 0.15) is 5.82 Å². The monoisotopic (exact) mass is 251 g/mol.